The lowest BCUT2D eigenvalue weighted by molar-refractivity contribution is -0.136. The fraction of sp³-hybridized carbons (Fsp3) is 0.269. The highest BCUT2D eigenvalue weighted by molar-refractivity contribution is 5.67. The normalized spacial score (nSPS) is 15.9. The summed E-state index contributed by atoms with van der Waals surface area (Å²) in [7, 11) is 0. The van der Waals surface area contributed by atoms with Gasteiger partial charge in [-0.1, -0.05) is 54.6 Å². The molecule has 3 aromatic carbocycles. The average Bonchev–Trinajstić information content (AvgIpc) is 3.28. The van der Waals surface area contributed by atoms with Gasteiger partial charge >= 0.3 is 5.97 Å². The summed E-state index contributed by atoms with van der Waals surface area (Å²) >= 11 is 0. The molecule has 0 radical (unpaired) electrons. The molecule has 1 unspecified atom stereocenters. The van der Waals surface area contributed by atoms with Gasteiger partial charge in [0, 0.05) is 31.1 Å². The molecule has 154 valence electrons. The molecule has 0 bridgehead atoms. The fourth-order valence-electron chi connectivity index (χ4n) is 4.01. The molecule has 1 N–H and O–H groups in total. The van der Waals surface area contributed by atoms with Gasteiger partial charge in [0.15, 0.2) is 0 Å². The SMILES string of the molecule is O=C(O)CCc1ccc(OCc2cccc(N3CCC(c4ccccc4)C3)c2)cc1. The standard InChI is InChI=1S/C26H27NO3/c28-26(29)14-11-20-9-12-25(13-10-20)30-19-21-5-4-8-24(17-21)27-16-15-23(18-27)22-6-2-1-3-7-22/h1-10,12-13,17,23H,11,14-16,18-19H2,(H,28,29). The minimum Gasteiger partial charge on any atom is -0.489 e. The maximum atomic E-state index is 10.7. The van der Waals surface area contributed by atoms with Crippen LogP contribution < -0.4 is 9.64 Å². The molecule has 4 heteroatoms. The van der Waals surface area contributed by atoms with Crippen molar-refractivity contribution in [3.05, 3.63) is 95.6 Å². The molecule has 1 saturated heterocycles. The molecule has 4 nitrogen and oxygen atoms in total. The van der Waals surface area contributed by atoms with Gasteiger partial charge in [-0.25, -0.2) is 0 Å². The Morgan fingerprint density at radius 2 is 1.77 bits per heavy atom. The predicted octanol–water partition coefficient (Wildman–Crippen LogP) is 5.28. The van der Waals surface area contributed by atoms with Crippen molar-refractivity contribution in [1.29, 1.82) is 0 Å². The minimum absolute atomic E-state index is 0.147. The number of rotatable bonds is 8. The van der Waals surface area contributed by atoms with Gasteiger partial charge in [-0.3, -0.25) is 4.79 Å². The van der Waals surface area contributed by atoms with Gasteiger partial charge in [0.05, 0.1) is 0 Å². The molecule has 0 aliphatic carbocycles. The van der Waals surface area contributed by atoms with E-state index >= 15 is 0 Å². The van der Waals surface area contributed by atoms with Crippen LogP contribution in [0.5, 0.6) is 5.75 Å². The molecule has 0 amide bonds. The highest BCUT2D eigenvalue weighted by Crippen LogP contribution is 2.31. The quantitative estimate of drug-likeness (QED) is 0.558. The van der Waals surface area contributed by atoms with Gasteiger partial charge in [-0.05, 0) is 53.8 Å². The molecule has 1 aliphatic heterocycles. The number of aliphatic carboxylic acids is 1. The number of hydrogen-bond acceptors (Lipinski definition) is 3. The van der Waals surface area contributed by atoms with Crippen LogP contribution in [0.3, 0.4) is 0 Å². The zero-order valence-corrected chi connectivity index (χ0v) is 17.0. The third kappa shape index (κ3) is 5.20. The van der Waals surface area contributed by atoms with E-state index in [1.54, 1.807) is 0 Å². The van der Waals surface area contributed by atoms with Crippen molar-refractivity contribution in [2.75, 3.05) is 18.0 Å². The highest BCUT2D eigenvalue weighted by Gasteiger charge is 2.23. The third-order valence-electron chi connectivity index (χ3n) is 5.69. The van der Waals surface area contributed by atoms with Crippen LogP contribution in [-0.2, 0) is 17.8 Å². The van der Waals surface area contributed by atoms with Crippen molar-refractivity contribution < 1.29 is 14.6 Å². The zero-order chi connectivity index (χ0) is 20.8. The Hall–Kier alpha value is -3.27. The third-order valence-corrected chi connectivity index (χ3v) is 5.69. The van der Waals surface area contributed by atoms with Crippen molar-refractivity contribution in [2.45, 2.75) is 31.8 Å². The van der Waals surface area contributed by atoms with Crippen molar-refractivity contribution >= 4 is 11.7 Å². The molecule has 0 spiro atoms. The Morgan fingerprint density at radius 3 is 2.53 bits per heavy atom. The van der Waals surface area contributed by atoms with Crippen LogP contribution in [0.2, 0.25) is 0 Å². The molecule has 4 rings (SSSR count). The van der Waals surface area contributed by atoms with E-state index in [0.717, 1.165) is 30.0 Å². The van der Waals surface area contributed by atoms with Gasteiger partial charge < -0.3 is 14.7 Å². The van der Waals surface area contributed by atoms with Crippen LogP contribution in [0.1, 0.15) is 35.4 Å². The lowest BCUT2D eigenvalue weighted by Crippen LogP contribution is -2.19. The lowest BCUT2D eigenvalue weighted by Gasteiger charge is -2.20. The summed E-state index contributed by atoms with van der Waals surface area (Å²) in [6.45, 7) is 2.63. The highest BCUT2D eigenvalue weighted by atomic mass is 16.5. The molecular weight excluding hydrogens is 374 g/mol. The molecule has 0 saturated carbocycles. The molecule has 0 aromatic heterocycles. The number of carboxylic acid groups (broad SMARTS) is 1. The first kappa shape index (κ1) is 20.0. The monoisotopic (exact) mass is 401 g/mol. The summed E-state index contributed by atoms with van der Waals surface area (Å²) in [5.41, 5.74) is 4.82. The Labute approximate surface area is 177 Å². The molecule has 1 fully saturated rings. The van der Waals surface area contributed by atoms with E-state index in [-0.39, 0.29) is 6.42 Å². The Kier molecular flexibility index (Phi) is 6.33. The van der Waals surface area contributed by atoms with E-state index in [0.29, 0.717) is 18.9 Å². The van der Waals surface area contributed by atoms with Gasteiger partial charge in [0.1, 0.15) is 12.4 Å². The van der Waals surface area contributed by atoms with Crippen LogP contribution in [0.15, 0.2) is 78.9 Å². The van der Waals surface area contributed by atoms with E-state index in [9.17, 15) is 4.79 Å². The second-order valence-corrected chi connectivity index (χ2v) is 7.84. The lowest BCUT2D eigenvalue weighted by atomic mass is 9.99. The smallest absolute Gasteiger partial charge is 0.303 e. The first-order valence-corrected chi connectivity index (χ1v) is 10.5. The average molecular weight is 402 g/mol. The number of benzene rings is 3. The van der Waals surface area contributed by atoms with Crippen LogP contribution in [0, 0.1) is 0 Å². The topological polar surface area (TPSA) is 49.8 Å². The maximum Gasteiger partial charge on any atom is 0.303 e. The van der Waals surface area contributed by atoms with E-state index < -0.39 is 5.97 Å². The summed E-state index contributed by atoms with van der Waals surface area (Å²) in [4.78, 5) is 13.1. The summed E-state index contributed by atoms with van der Waals surface area (Å²) < 4.78 is 5.95. The number of carbonyl (C=O) groups is 1. The molecule has 1 atom stereocenters. The summed E-state index contributed by atoms with van der Waals surface area (Å²) in [5, 5.41) is 8.79. The van der Waals surface area contributed by atoms with Gasteiger partial charge in [-0.15, -0.1) is 0 Å². The molecule has 3 aromatic rings. The number of ether oxygens (including phenoxy) is 1. The van der Waals surface area contributed by atoms with Gasteiger partial charge in [-0.2, -0.15) is 0 Å². The van der Waals surface area contributed by atoms with E-state index in [1.807, 2.05) is 24.3 Å². The van der Waals surface area contributed by atoms with Crippen LogP contribution in [-0.4, -0.2) is 24.2 Å². The van der Waals surface area contributed by atoms with Crippen LogP contribution >= 0.6 is 0 Å². The fourth-order valence-corrected chi connectivity index (χ4v) is 4.01. The van der Waals surface area contributed by atoms with Crippen molar-refractivity contribution in [3.63, 3.8) is 0 Å². The molecule has 1 aliphatic rings. The summed E-state index contributed by atoms with van der Waals surface area (Å²) in [6, 6.07) is 27.0. The van der Waals surface area contributed by atoms with E-state index in [1.165, 1.54) is 17.7 Å². The van der Waals surface area contributed by atoms with E-state index in [4.69, 9.17) is 9.84 Å². The largest absolute Gasteiger partial charge is 0.489 e. The zero-order valence-electron chi connectivity index (χ0n) is 17.0. The van der Waals surface area contributed by atoms with E-state index in [2.05, 4.69) is 59.5 Å². The minimum atomic E-state index is -0.775. The summed E-state index contributed by atoms with van der Waals surface area (Å²) in [6.07, 6.45) is 1.87. The molecule has 1 heterocycles. The Balaban J connectivity index is 1.33. The number of anilines is 1. The van der Waals surface area contributed by atoms with Crippen molar-refractivity contribution in [2.24, 2.45) is 0 Å². The predicted molar refractivity (Wildman–Crippen MR) is 119 cm³/mol. The molecule has 30 heavy (non-hydrogen) atoms. The van der Waals surface area contributed by atoms with Crippen LogP contribution in [0.4, 0.5) is 5.69 Å². The maximum absolute atomic E-state index is 10.7. The van der Waals surface area contributed by atoms with Crippen molar-refractivity contribution in [3.8, 4) is 5.75 Å². The van der Waals surface area contributed by atoms with Crippen molar-refractivity contribution in [1.82, 2.24) is 0 Å². The van der Waals surface area contributed by atoms with Gasteiger partial charge in [0.2, 0.25) is 0 Å². The van der Waals surface area contributed by atoms with Gasteiger partial charge in [0.25, 0.3) is 0 Å². The number of nitrogens with zero attached hydrogens (tertiary/aromatic N) is 1. The second kappa shape index (κ2) is 9.49. The van der Waals surface area contributed by atoms with Crippen LogP contribution in [0.25, 0.3) is 0 Å². The number of carboxylic acids is 1. The second-order valence-electron chi connectivity index (χ2n) is 7.84. The Bertz CT molecular complexity index is 969. The first-order chi connectivity index (χ1) is 14.7. The first-order valence-electron chi connectivity index (χ1n) is 10.5. The number of hydrogen-bond donors (Lipinski definition) is 1. The number of aryl methyl sites for hydroxylation is 1. The molecular formula is C26H27NO3. The summed E-state index contributed by atoms with van der Waals surface area (Å²) in [5.74, 6) is 0.610. The Morgan fingerprint density at radius 1 is 0.967 bits per heavy atom.